The minimum Gasteiger partial charge on any atom is -0.349 e. The number of nitrogens with zero attached hydrogens (tertiary/aromatic N) is 4. The van der Waals surface area contributed by atoms with Crippen molar-refractivity contribution in [3.05, 3.63) is 47.5 Å². The highest BCUT2D eigenvalue weighted by Gasteiger charge is 2.42. The summed E-state index contributed by atoms with van der Waals surface area (Å²) in [6.07, 6.45) is 5.52. The Morgan fingerprint density at radius 2 is 1.70 bits per heavy atom. The van der Waals surface area contributed by atoms with E-state index in [0.717, 1.165) is 43.0 Å². The second-order valence-corrected chi connectivity index (χ2v) is 11.8. The Hall–Kier alpha value is -2.35. The first-order chi connectivity index (χ1) is 17.7. The molecule has 1 N–H and O–H groups in total. The van der Waals surface area contributed by atoms with Crippen LogP contribution in [0.5, 0.6) is 0 Å². The fraction of sp³-hybridized carbons (Fsp3) is 0.690. The number of carbonyl (C=O) groups is 1. The first-order valence-electron chi connectivity index (χ1n) is 14.1. The van der Waals surface area contributed by atoms with Crippen LogP contribution in [0.3, 0.4) is 0 Å². The van der Waals surface area contributed by atoms with Crippen molar-refractivity contribution in [3.63, 3.8) is 0 Å². The molecule has 3 fully saturated rings. The van der Waals surface area contributed by atoms with Crippen LogP contribution in [0, 0.1) is 12.8 Å². The van der Waals surface area contributed by atoms with E-state index in [1.807, 2.05) is 25.1 Å². The van der Waals surface area contributed by atoms with E-state index in [4.69, 9.17) is 10.1 Å². The lowest BCUT2D eigenvalue weighted by atomic mass is 9.86. The standard InChI is InChI=1S/C29H41F2N5O/c1-19(2)27-32-20(3)34-36(27)25-17-23-9-10-24(18-25)35(23)16-13-26(21-7-5-4-6-8-21)33-28(37)22-11-14-29(30,31)15-12-22/h4-8,19,22-26H,9-18H2,1-3H3,(H,33,37)/t23-,24+,25?,26-/m0/s1. The number of aromatic nitrogens is 3. The smallest absolute Gasteiger partial charge is 0.248 e. The van der Waals surface area contributed by atoms with Crippen LogP contribution < -0.4 is 5.32 Å². The summed E-state index contributed by atoms with van der Waals surface area (Å²) < 4.78 is 29.5. The fourth-order valence-corrected chi connectivity index (χ4v) is 6.80. The van der Waals surface area contributed by atoms with Crippen molar-refractivity contribution in [2.24, 2.45) is 5.92 Å². The van der Waals surface area contributed by atoms with Crippen molar-refractivity contribution in [1.29, 1.82) is 0 Å². The molecule has 1 unspecified atom stereocenters. The van der Waals surface area contributed by atoms with Crippen LogP contribution >= 0.6 is 0 Å². The van der Waals surface area contributed by atoms with Crippen molar-refractivity contribution < 1.29 is 13.6 Å². The van der Waals surface area contributed by atoms with Crippen molar-refractivity contribution in [3.8, 4) is 0 Å². The number of hydrogen-bond donors (Lipinski definition) is 1. The molecule has 202 valence electrons. The number of amides is 1. The Kier molecular flexibility index (Phi) is 7.66. The van der Waals surface area contributed by atoms with E-state index in [1.165, 1.54) is 12.8 Å². The van der Waals surface area contributed by atoms with Crippen LogP contribution in [0.25, 0.3) is 0 Å². The lowest BCUT2D eigenvalue weighted by molar-refractivity contribution is -0.130. The number of hydrogen-bond acceptors (Lipinski definition) is 4. The van der Waals surface area contributed by atoms with E-state index >= 15 is 0 Å². The van der Waals surface area contributed by atoms with Gasteiger partial charge in [-0.25, -0.2) is 18.4 Å². The second-order valence-electron chi connectivity index (χ2n) is 11.8. The molecule has 5 rings (SSSR count). The monoisotopic (exact) mass is 513 g/mol. The maximum Gasteiger partial charge on any atom is 0.248 e. The van der Waals surface area contributed by atoms with Gasteiger partial charge in [-0.1, -0.05) is 44.2 Å². The number of rotatable bonds is 8. The van der Waals surface area contributed by atoms with Gasteiger partial charge in [0.2, 0.25) is 11.8 Å². The highest BCUT2D eigenvalue weighted by Crippen LogP contribution is 2.42. The largest absolute Gasteiger partial charge is 0.349 e. The fourth-order valence-electron chi connectivity index (χ4n) is 6.80. The normalized spacial score (nSPS) is 26.9. The zero-order valence-corrected chi connectivity index (χ0v) is 22.4. The minimum absolute atomic E-state index is 0.0752. The SMILES string of the molecule is Cc1nc(C(C)C)n(C2C[C@H]3CC[C@@H](C2)N3CC[C@H](NC(=O)C2CCC(F)(F)CC2)c2ccccc2)n1. The zero-order chi connectivity index (χ0) is 26.2. The Balaban J connectivity index is 1.23. The van der Waals surface area contributed by atoms with E-state index in [9.17, 15) is 13.6 Å². The highest BCUT2D eigenvalue weighted by atomic mass is 19.3. The quantitative estimate of drug-likeness (QED) is 0.474. The van der Waals surface area contributed by atoms with Crippen LogP contribution in [-0.2, 0) is 4.79 Å². The van der Waals surface area contributed by atoms with Crippen molar-refractivity contribution >= 4 is 5.91 Å². The van der Waals surface area contributed by atoms with E-state index in [-0.39, 0.29) is 43.6 Å². The van der Waals surface area contributed by atoms with Crippen molar-refractivity contribution in [2.75, 3.05) is 6.54 Å². The Morgan fingerprint density at radius 3 is 2.32 bits per heavy atom. The van der Waals surface area contributed by atoms with Gasteiger partial charge in [0.15, 0.2) is 0 Å². The summed E-state index contributed by atoms with van der Waals surface area (Å²) in [4.78, 5) is 20.4. The molecule has 37 heavy (non-hydrogen) atoms. The Bertz CT molecular complexity index is 1050. The van der Waals surface area contributed by atoms with Gasteiger partial charge in [-0.2, -0.15) is 5.10 Å². The number of fused-ring (bicyclic) bond motifs is 2. The van der Waals surface area contributed by atoms with Crippen LogP contribution in [0.1, 0.15) is 107 Å². The molecule has 1 saturated carbocycles. The minimum atomic E-state index is -2.62. The molecule has 0 spiro atoms. The number of aryl methyl sites for hydroxylation is 1. The molecule has 3 heterocycles. The van der Waals surface area contributed by atoms with Gasteiger partial charge < -0.3 is 5.32 Å². The van der Waals surface area contributed by atoms with Gasteiger partial charge in [-0.05, 0) is 57.4 Å². The molecule has 3 aliphatic rings. The summed E-state index contributed by atoms with van der Waals surface area (Å²) in [5.74, 6) is -0.735. The van der Waals surface area contributed by atoms with Crippen LogP contribution in [0.4, 0.5) is 8.78 Å². The first-order valence-corrected chi connectivity index (χ1v) is 14.1. The molecular formula is C29H41F2N5O. The maximum absolute atomic E-state index is 13.6. The van der Waals surface area contributed by atoms with Crippen LogP contribution in [0.15, 0.2) is 30.3 Å². The molecule has 0 radical (unpaired) electrons. The number of carbonyl (C=O) groups excluding carboxylic acids is 1. The van der Waals surface area contributed by atoms with Gasteiger partial charge in [-0.3, -0.25) is 9.69 Å². The van der Waals surface area contributed by atoms with E-state index in [1.54, 1.807) is 0 Å². The molecule has 1 aromatic heterocycles. The predicted octanol–water partition coefficient (Wildman–Crippen LogP) is 5.95. The topological polar surface area (TPSA) is 63.1 Å². The highest BCUT2D eigenvalue weighted by molar-refractivity contribution is 5.79. The summed E-state index contributed by atoms with van der Waals surface area (Å²) >= 11 is 0. The Morgan fingerprint density at radius 1 is 1.05 bits per heavy atom. The molecule has 2 bridgehead atoms. The van der Waals surface area contributed by atoms with Gasteiger partial charge in [0, 0.05) is 43.3 Å². The second kappa shape index (κ2) is 10.8. The van der Waals surface area contributed by atoms with E-state index < -0.39 is 5.92 Å². The summed E-state index contributed by atoms with van der Waals surface area (Å²) in [5.41, 5.74) is 1.08. The molecular weight excluding hydrogens is 472 g/mol. The third-order valence-corrected chi connectivity index (χ3v) is 8.77. The van der Waals surface area contributed by atoms with E-state index in [2.05, 4.69) is 40.9 Å². The third kappa shape index (κ3) is 5.89. The summed E-state index contributed by atoms with van der Waals surface area (Å²) in [6.45, 7) is 7.25. The lowest BCUT2D eigenvalue weighted by Crippen LogP contribution is -2.45. The first kappa shape index (κ1) is 26.3. The summed E-state index contributed by atoms with van der Waals surface area (Å²) in [5, 5.41) is 8.01. The van der Waals surface area contributed by atoms with Gasteiger partial charge in [0.1, 0.15) is 11.6 Å². The molecule has 2 aliphatic heterocycles. The molecule has 2 saturated heterocycles. The third-order valence-electron chi connectivity index (χ3n) is 8.77. The zero-order valence-electron chi connectivity index (χ0n) is 22.4. The van der Waals surface area contributed by atoms with E-state index in [0.29, 0.717) is 24.0 Å². The summed E-state index contributed by atoms with van der Waals surface area (Å²) in [7, 11) is 0. The van der Waals surface area contributed by atoms with Gasteiger partial charge in [0.25, 0.3) is 0 Å². The number of benzene rings is 1. The van der Waals surface area contributed by atoms with Gasteiger partial charge in [0.05, 0.1) is 12.1 Å². The number of piperidine rings is 1. The van der Waals surface area contributed by atoms with Crippen LogP contribution in [0.2, 0.25) is 0 Å². The van der Waals surface area contributed by atoms with Crippen molar-refractivity contribution in [2.45, 2.75) is 115 Å². The maximum atomic E-state index is 13.6. The molecule has 4 atom stereocenters. The Labute approximate surface area is 219 Å². The molecule has 1 aliphatic carbocycles. The number of alkyl halides is 2. The average Bonchev–Trinajstić information content (AvgIpc) is 3.37. The predicted molar refractivity (Wildman–Crippen MR) is 139 cm³/mol. The number of nitrogens with one attached hydrogen (secondary N) is 1. The average molecular weight is 514 g/mol. The molecule has 2 aromatic rings. The molecule has 8 heteroatoms. The van der Waals surface area contributed by atoms with Crippen LogP contribution in [-0.4, -0.2) is 50.1 Å². The lowest BCUT2D eigenvalue weighted by Gasteiger charge is -2.40. The van der Waals surface area contributed by atoms with Crippen molar-refractivity contribution in [1.82, 2.24) is 25.0 Å². The molecule has 1 amide bonds. The number of halogens is 2. The molecule has 1 aromatic carbocycles. The van der Waals surface area contributed by atoms with Gasteiger partial charge >= 0.3 is 0 Å². The summed E-state index contributed by atoms with van der Waals surface area (Å²) in [6, 6.07) is 11.4. The van der Waals surface area contributed by atoms with Gasteiger partial charge in [-0.15, -0.1) is 0 Å². The molecule has 6 nitrogen and oxygen atoms in total.